The molecular formula is C18H25NO2. The van der Waals surface area contributed by atoms with Gasteiger partial charge in [0.1, 0.15) is 17.3 Å². The van der Waals surface area contributed by atoms with Crippen molar-refractivity contribution >= 4 is 0 Å². The van der Waals surface area contributed by atoms with Crippen molar-refractivity contribution in [1.82, 2.24) is 5.32 Å². The van der Waals surface area contributed by atoms with E-state index in [9.17, 15) is 0 Å². The third kappa shape index (κ3) is 3.30. The Labute approximate surface area is 127 Å². The van der Waals surface area contributed by atoms with Crippen LogP contribution in [-0.2, 0) is 0 Å². The molecule has 3 nitrogen and oxygen atoms in total. The molecule has 1 heterocycles. The third-order valence-corrected chi connectivity index (χ3v) is 3.84. The van der Waals surface area contributed by atoms with Crippen molar-refractivity contribution in [3.05, 3.63) is 52.5 Å². The molecule has 0 spiro atoms. The molecular weight excluding hydrogens is 262 g/mol. The van der Waals surface area contributed by atoms with E-state index in [4.69, 9.17) is 9.15 Å². The maximum Gasteiger partial charge on any atom is 0.119 e. The van der Waals surface area contributed by atoms with Gasteiger partial charge in [-0.3, -0.25) is 0 Å². The number of benzene rings is 1. The molecule has 2 aromatic rings. The number of ether oxygens (including phenoxy) is 1. The summed E-state index contributed by atoms with van der Waals surface area (Å²) in [6.07, 6.45) is 0. The monoisotopic (exact) mass is 287 g/mol. The zero-order valence-corrected chi connectivity index (χ0v) is 13.6. The minimum atomic E-state index is 0.156. The molecule has 0 radical (unpaired) electrons. The summed E-state index contributed by atoms with van der Waals surface area (Å²) in [6, 6.07) is 8.46. The van der Waals surface area contributed by atoms with Crippen LogP contribution in [0.2, 0.25) is 0 Å². The minimum Gasteiger partial charge on any atom is -0.494 e. The summed E-state index contributed by atoms with van der Waals surface area (Å²) in [5.74, 6) is 2.90. The second-order valence-corrected chi connectivity index (χ2v) is 5.25. The van der Waals surface area contributed by atoms with Gasteiger partial charge in [0.05, 0.1) is 12.6 Å². The standard InChI is InChI=1S/C18H25NO2/c1-6-19-18(17-12(3)13(4)21-14(17)5)15-8-10-16(11-9-15)20-7-2/h8-11,18-19H,6-7H2,1-5H3. The van der Waals surface area contributed by atoms with E-state index >= 15 is 0 Å². The highest BCUT2D eigenvalue weighted by Crippen LogP contribution is 2.32. The smallest absolute Gasteiger partial charge is 0.119 e. The summed E-state index contributed by atoms with van der Waals surface area (Å²) in [5.41, 5.74) is 3.71. The molecule has 1 N–H and O–H groups in total. The highest BCUT2D eigenvalue weighted by Gasteiger charge is 2.21. The molecule has 0 aliphatic carbocycles. The van der Waals surface area contributed by atoms with Gasteiger partial charge in [0, 0.05) is 5.56 Å². The Hall–Kier alpha value is -1.74. The first-order valence-electron chi connectivity index (χ1n) is 7.61. The van der Waals surface area contributed by atoms with E-state index < -0.39 is 0 Å². The predicted molar refractivity (Wildman–Crippen MR) is 86.0 cm³/mol. The van der Waals surface area contributed by atoms with Gasteiger partial charge in [-0.15, -0.1) is 0 Å². The first-order valence-corrected chi connectivity index (χ1v) is 7.61. The van der Waals surface area contributed by atoms with Gasteiger partial charge < -0.3 is 14.5 Å². The first kappa shape index (κ1) is 15.6. The number of furan rings is 1. The van der Waals surface area contributed by atoms with Crippen LogP contribution in [0.15, 0.2) is 28.7 Å². The van der Waals surface area contributed by atoms with Crippen LogP contribution in [0, 0.1) is 20.8 Å². The molecule has 0 fully saturated rings. The molecule has 114 valence electrons. The Morgan fingerprint density at radius 2 is 1.71 bits per heavy atom. The largest absolute Gasteiger partial charge is 0.494 e. The molecule has 0 aliphatic heterocycles. The second kappa shape index (κ2) is 6.81. The van der Waals surface area contributed by atoms with Crippen molar-refractivity contribution in [3.63, 3.8) is 0 Å². The lowest BCUT2D eigenvalue weighted by atomic mass is 9.95. The normalized spacial score (nSPS) is 12.4. The van der Waals surface area contributed by atoms with Crippen LogP contribution in [0.25, 0.3) is 0 Å². The lowest BCUT2D eigenvalue weighted by Crippen LogP contribution is -2.23. The van der Waals surface area contributed by atoms with Crippen molar-refractivity contribution in [2.75, 3.05) is 13.2 Å². The van der Waals surface area contributed by atoms with Crippen LogP contribution in [0.3, 0.4) is 0 Å². The molecule has 0 saturated heterocycles. The maximum atomic E-state index is 5.79. The van der Waals surface area contributed by atoms with Crippen LogP contribution >= 0.6 is 0 Å². The van der Waals surface area contributed by atoms with Gasteiger partial charge in [-0.25, -0.2) is 0 Å². The third-order valence-electron chi connectivity index (χ3n) is 3.84. The Bertz CT molecular complexity index is 584. The summed E-state index contributed by atoms with van der Waals surface area (Å²) >= 11 is 0. The average molecular weight is 287 g/mol. The molecule has 1 aromatic carbocycles. The lowest BCUT2D eigenvalue weighted by molar-refractivity contribution is 0.340. The molecule has 0 saturated carbocycles. The van der Waals surface area contributed by atoms with E-state index in [1.54, 1.807) is 0 Å². The molecule has 1 unspecified atom stereocenters. The predicted octanol–water partition coefficient (Wildman–Crippen LogP) is 4.30. The number of hydrogen-bond donors (Lipinski definition) is 1. The Kier molecular flexibility index (Phi) is 5.07. The zero-order chi connectivity index (χ0) is 15.4. The Morgan fingerprint density at radius 1 is 1.05 bits per heavy atom. The number of nitrogens with one attached hydrogen (secondary N) is 1. The van der Waals surface area contributed by atoms with Gasteiger partial charge in [-0.1, -0.05) is 19.1 Å². The van der Waals surface area contributed by atoms with E-state index in [1.807, 2.05) is 32.9 Å². The average Bonchev–Trinajstić information content (AvgIpc) is 2.71. The molecule has 2 rings (SSSR count). The van der Waals surface area contributed by atoms with Crippen molar-refractivity contribution in [3.8, 4) is 5.75 Å². The lowest BCUT2D eigenvalue weighted by Gasteiger charge is -2.19. The minimum absolute atomic E-state index is 0.156. The van der Waals surface area contributed by atoms with Crippen LogP contribution in [0.5, 0.6) is 5.75 Å². The van der Waals surface area contributed by atoms with Crippen molar-refractivity contribution in [1.29, 1.82) is 0 Å². The Morgan fingerprint density at radius 3 is 2.19 bits per heavy atom. The summed E-state index contributed by atoms with van der Waals surface area (Å²) in [5, 5.41) is 3.56. The van der Waals surface area contributed by atoms with Crippen molar-refractivity contribution in [2.45, 2.75) is 40.7 Å². The second-order valence-electron chi connectivity index (χ2n) is 5.25. The van der Waals surface area contributed by atoms with Gasteiger partial charge in [0.2, 0.25) is 0 Å². The highest BCUT2D eigenvalue weighted by atomic mass is 16.5. The van der Waals surface area contributed by atoms with E-state index in [2.05, 4.69) is 31.3 Å². The molecule has 1 aromatic heterocycles. The number of aryl methyl sites for hydroxylation is 2. The quantitative estimate of drug-likeness (QED) is 0.860. The fraction of sp³-hybridized carbons (Fsp3) is 0.444. The molecule has 21 heavy (non-hydrogen) atoms. The summed E-state index contributed by atoms with van der Waals surface area (Å²) in [7, 11) is 0. The van der Waals surface area contributed by atoms with Gasteiger partial charge in [-0.2, -0.15) is 0 Å². The van der Waals surface area contributed by atoms with Crippen LogP contribution in [0.4, 0.5) is 0 Å². The SMILES string of the molecule is CCNC(c1ccc(OCC)cc1)c1c(C)oc(C)c1C. The van der Waals surface area contributed by atoms with Crippen LogP contribution in [0.1, 0.15) is 48.1 Å². The number of hydrogen-bond acceptors (Lipinski definition) is 3. The fourth-order valence-electron chi connectivity index (χ4n) is 2.75. The maximum absolute atomic E-state index is 5.79. The molecule has 0 bridgehead atoms. The zero-order valence-electron chi connectivity index (χ0n) is 13.6. The summed E-state index contributed by atoms with van der Waals surface area (Å²) < 4.78 is 11.3. The van der Waals surface area contributed by atoms with Gasteiger partial charge in [0.15, 0.2) is 0 Å². The van der Waals surface area contributed by atoms with Crippen LogP contribution < -0.4 is 10.1 Å². The highest BCUT2D eigenvalue weighted by molar-refractivity contribution is 5.42. The summed E-state index contributed by atoms with van der Waals surface area (Å²) in [4.78, 5) is 0. The van der Waals surface area contributed by atoms with E-state index in [0.717, 1.165) is 23.8 Å². The topological polar surface area (TPSA) is 34.4 Å². The van der Waals surface area contributed by atoms with Crippen LogP contribution in [-0.4, -0.2) is 13.2 Å². The molecule has 3 heteroatoms. The molecule has 0 amide bonds. The summed E-state index contributed by atoms with van der Waals surface area (Å²) in [6.45, 7) is 11.9. The van der Waals surface area contributed by atoms with E-state index in [0.29, 0.717) is 6.61 Å². The van der Waals surface area contributed by atoms with Gasteiger partial charge in [-0.05, 0) is 57.5 Å². The van der Waals surface area contributed by atoms with Gasteiger partial charge in [0.25, 0.3) is 0 Å². The molecule has 0 aliphatic rings. The van der Waals surface area contributed by atoms with Crippen molar-refractivity contribution < 1.29 is 9.15 Å². The van der Waals surface area contributed by atoms with Crippen molar-refractivity contribution in [2.24, 2.45) is 0 Å². The first-order chi connectivity index (χ1) is 10.1. The van der Waals surface area contributed by atoms with Gasteiger partial charge >= 0.3 is 0 Å². The van der Waals surface area contributed by atoms with E-state index in [1.165, 1.54) is 16.7 Å². The number of rotatable bonds is 6. The van der Waals surface area contributed by atoms with E-state index in [-0.39, 0.29) is 6.04 Å². The molecule has 1 atom stereocenters. The fourth-order valence-corrected chi connectivity index (χ4v) is 2.75. The Balaban J connectivity index is 2.38.